The van der Waals surface area contributed by atoms with Crippen molar-refractivity contribution in [3.8, 4) is 5.75 Å². The summed E-state index contributed by atoms with van der Waals surface area (Å²) < 4.78 is 13.9. The molecular formula is C22H25N5O5. The Morgan fingerprint density at radius 2 is 2.06 bits per heavy atom. The van der Waals surface area contributed by atoms with Crippen LogP contribution in [-0.2, 0) is 20.1 Å². The summed E-state index contributed by atoms with van der Waals surface area (Å²) in [5.74, 6) is 1.65. The van der Waals surface area contributed by atoms with E-state index in [1.54, 1.807) is 23.0 Å². The predicted molar refractivity (Wildman–Crippen MR) is 119 cm³/mol. The van der Waals surface area contributed by atoms with E-state index in [4.69, 9.17) is 9.15 Å². The molecule has 0 amide bonds. The van der Waals surface area contributed by atoms with Crippen LogP contribution in [0.1, 0.15) is 16.9 Å². The van der Waals surface area contributed by atoms with E-state index < -0.39 is 17.4 Å². The lowest BCUT2D eigenvalue weighted by Gasteiger charge is -2.16. The van der Waals surface area contributed by atoms with Gasteiger partial charge in [-0.1, -0.05) is 6.07 Å². The summed E-state index contributed by atoms with van der Waals surface area (Å²) in [4.78, 5) is 31.3. The summed E-state index contributed by atoms with van der Waals surface area (Å²) >= 11 is 0. The third-order valence-corrected chi connectivity index (χ3v) is 5.32. The topological polar surface area (TPSA) is 127 Å². The summed E-state index contributed by atoms with van der Waals surface area (Å²) in [6, 6.07) is 9.28. The zero-order chi connectivity index (χ0) is 22.8. The maximum atomic E-state index is 12.6. The van der Waals surface area contributed by atoms with Crippen LogP contribution in [-0.4, -0.2) is 36.9 Å². The Kier molecular flexibility index (Phi) is 5.87. The third kappa shape index (κ3) is 4.30. The van der Waals surface area contributed by atoms with Gasteiger partial charge in [0.25, 0.3) is 5.56 Å². The second-order valence-corrected chi connectivity index (χ2v) is 7.68. The Balaban J connectivity index is 1.60. The zero-order valence-corrected chi connectivity index (χ0v) is 18.1. The van der Waals surface area contributed by atoms with Crippen LogP contribution in [0.4, 0.5) is 5.95 Å². The van der Waals surface area contributed by atoms with Gasteiger partial charge in [-0.15, -0.1) is 0 Å². The molecule has 1 aromatic carbocycles. The molecule has 0 aliphatic rings. The molecule has 10 nitrogen and oxygen atoms in total. The monoisotopic (exact) mass is 439 g/mol. The number of furan rings is 1. The first-order valence-corrected chi connectivity index (χ1v) is 10.2. The summed E-state index contributed by atoms with van der Waals surface area (Å²) in [6.07, 6.45) is 0.622. The van der Waals surface area contributed by atoms with Gasteiger partial charge in [-0.2, -0.15) is 4.98 Å². The quantitative estimate of drug-likeness (QED) is 0.381. The van der Waals surface area contributed by atoms with Crippen LogP contribution in [0.15, 0.2) is 50.6 Å². The highest BCUT2D eigenvalue weighted by atomic mass is 16.5. The van der Waals surface area contributed by atoms with Crippen LogP contribution in [0, 0.1) is 13.8 Å². The standard InChI is InChI=1S/C22H25N5O5/c1-13-6-7-16(9-14(13)2)32-12-15(28)11-27-18-19(26(3)22(30)25-20(18)29)24-21(27)23-10-17-5-4-8-31-17/h4-9,15,28H,10-12H2,1-3H3,(H,23,24)(H,25,29,30)/t15-/m0/s1. The maximum Gasteiger partial charge on any atom is 0.329 e. The van der Waals surface area contributed by atoms with E-state index in [0.29, 0.717) is 24.0 Å². The highest BCUT2D eigenvalue weighted by Crippen LogP contribution is 2.19. The van der Waals surface area contributed by atoms with Crippen molar-refractivity contribution < 1.29 is 14.3 Å². The van der Waals surface area contributed by atoms with E-state index in [1.165, 1.54) is 11.6 Å². The highest BCUT2D eigenvalue weighted by Gasteiger charge is 2.20. The van der Waals surface area contributed by atoms with Crippen molar-refractivity contribution in [2.24, 2.45) is 7.05 Å². The Bertz CT molecular complexity index is 1350. The van der Waals surface area contributed by atoms with Crippen LogP contribution in [0.2, 0.25) is 0 Å². The molecule has 0 saturated carbocycles. The highest BCUT2D eigenvalue weighted by molar-refractivity contribution is 5.74. The Morgan fingerprint density at radius 3 is 2.78 bits per heavy atom. The summed E-state index contributed by atoms with van der Waals surface area (Å²) in [7, 11) is 1.52. The average Bonchev–Trinajstić information content (AvgIpc) is 3.40. The summed E-state index contributed by atoms with van der Waals surface area (Å²) in [5, 5.41) is 13.8. The maximum absolute atomic E-state index is 12.6. The molecule has 32 heavy (non-hydrogen) atoms. The number of anilines is 1. The summed E-state index contributed by atoms with van der Waals surface area (Å²) in [5.41, 5.74) is 1.49. The van der Waals surface area contributed by atoms with Crippen molar-refractivity contribution in [2.45, 2.75) is 33.0 Å². The lowest BCUT2D eigenvalue weighted by molar-refractivity contribution is 0.0938. The first-order valence-electron chi connectivity index (χ1n) is 10.2. The van der Waals surface area contributed by atoms with E-state index in [1.807, 2.05) is 32.0 Å². The number of hydrogen-bond donors (Lipinski definition) is 3. The predicted octanol–water partition coefficient (Wildman–Crippen LogP) is 1.69. The molecule has 4 aromatic rings. The third-order valence-electron chi connectivity index (χ3n) is 5.32. The molecule has 3 aromatic heterocycles. The van der Waals surface area contributed by atoms with Gasteiger partial charge in [-0.25, -0.2) is 4.79 Å². The molecule has 0 unspecified atom stereocenters. The molecular weight excluding hydrogens is 414 g/mol. The number of hydrogen-bond acceptors (Lipinski definition) is 7. The van der Waals surface area contributed by atoms with Crippen molar-refractivity contribution >= 4 is 17.1 Å². The van der Waals surface area contributed by atoms with Crippen molar-refractivity contribution in [1.82, 2.24) is 19.1 Å². The molecule has 0 bridgehead atoms. The number of aromatic amines is 1. The number of benzene rings is 1. The summed E-state index contributed by atoms with van der Waals surface area (Å²) in [6.45, 7) is 4.37. The molecule has 0 radical (unpaired) electrons. The molecule has 0 saturated heterocycles. The Labute approximate surface area is 183 Å². The van der Waals surface area contributed by atoms with Crippen molar-refractivity contribution in [3.63, 3.8) is 0 Å². The van der Waals surface area contributed by atoms with Gasteiger partial charge in [0.05, 0.1) is 19.4 Å². The fourth-order valence-corrected chi connectivity index (χ4v) is 3.39. The van der Waals surface area contributed by atoms with E-state index in [9.17, 15) is 14.7 Å². The van der Waals surface area contributed by atoms with Crippen molar-refractivity contribution in [3.05, 3.63) is 74.3 Å². The number of nitrogens with zero attached hydrogens (tertiary/aromatic N) is 3. The van der Waals surface area contributed by atoms with Gasteiger partial charge >= 0.3 is 5.69 Å². The number of ether oxygens (including phenoxy) is 1. The Hall–Kier alpha value is -3.79. The molecule has 168 valence electrons. The minimum atomic E-state index is -0.935. The van der Waals surface area contributed by atoms with Gasteiger partial charge in [0, 0.05) is 7.05 Å². The molecule has 3 heterocycles. The average molecular weight is 439 g/mol. The number of aromatic nitrogens is 4. The van der Waals surface area contributed by atoms with Crippen LogP contribution in [0.5, 0.6) is 5.75 Å². The van der Waals surface area contributed by atoms with Crippen molar-refractivity contribution in [2.75, 3.05) is 11.9 Å². The number of fused-ring (bicyclic) bond motifs is 1. The minimum absolute atomic E-state index is 0.0173. The lowest BCUT2D eigenvalue weighted by Crippen LogP contribution is -2.31. The number of imidazole rings is 1. The fourth-order valence-electron chi connectivity index (χ4n) is 3.39. The number of rotatable bonds is 8. The SMILES string of the molecule is Cc1ccc(OC[C@@H](O)Cn2c(NCc3ccco3)nc3c2c(=O)[nH]c(=O)n3C)cc1C. The molecule has 10 heteroatoms. The van der Waals surface area contributed by atoms with Crippen LogP contribution >= 0.6 is 0 Å². The minimum Gasteiger partial charge on any atom is -0.491 e. The second kappa shape index (κ2) is 8.75. The van der Waals surface area contributed by atoms with Crippen LogP contribution < -0.4 is 21.3 Å². The number of aliphatic hydroxyl groups is 1. The largest absolute Gasteiger partial charge is 0.491 e. The van der Waals surface area contributed by atoms with E-state index >= 15 is 0 Å². The smallest absolute Gasteiger partial charge is 0.329 e. The van der Waals surface area contributed by atoms with Crippen LogP contribution in [0.25, 0.3) is 11.2 Å². The molecule has 4 rings (SSSR count). The van der Waals surface area contributed by atoms with E-state index in [0.717, 1.165) is 11.1 Å². The second-order valence-electron chi connectivity index (χ2n) is 7.68. The van der Waals surface area contributed by atoms with Gasteiger partial charge < -0.3 is 24.1 Å². The van der Waals surface area contributed by atoms with Gasteiger partial charge in [0.15, 0.2) is 11.2 Å². The normalized spacial score (nSPS) is 12.2. The Morgan fingerprint density at radius 1 is 1.25 bits per heavy atom. The molecule has 3 N–H and O–H groups in total. The fraction of sp³-hybridized carbons (Fsp3) is 0.318. The number of H-pyrrole nitrogens is 1. The van der Waals surface area contributed by atoms with Gasteiger partial charge in [-0.05, 0) is 49.2 Å². The van der Waals surface area contributed by atoms with Crippen LogP contribution in [0.3, 0.4) is 0 Å². The van der Waals surface area contributed by atoms with Gasteiger partial charge in [-0.3, -0.25) is 14.3 Å². The molecule has 1 atom stereocenters. The van der Waals surface area contributed by atoms with Crippen molar-refractivity contribution in [1.29, 1.82) is 0 Å². The van der Waals surface area contributed by atoms with E-state index in [2.05, 4.69) is 15.3 Å². The lowest BCUT2D eigenvalue weighted by atomic mass is 10.1. The first-order chi connectivity index (χ1) is 15.3. The molecule has 0 aliphatic carbocycles. The number of nitrogens with one attached hydrogen (secondary N) is 2. The number of aryl methyl sites for hydroxylation is 3. The molecule has 0 fully saturated rings. The van der Waals surface area contributed by atoms with E-state index in [-0.39, 0.29) is 24.3 Å². The first kappa shape index (κ1) is 21.4. The van der Waals surface area contributed by atoms with Gasteiger partial charge in [0.2, 0.25) is 5.95 Å². The van der Waals surface area contributed by atoms with Gasteiger partial charge in [0.1, 0.15) is 24.2 Å². The molecule has 0 spiro atoms. The molecule has 0 aliphatic heterocycles. The number of aliphatic hydroxyl groups excluding tert-OH is 1. The zero-order valence-electron chi connectivity index (χ0n) is 18.1.